The minimum absolute atomic E-state index is 0.141. The van der Waals surface area contributed by atoms with Gasteiger partial charge in [0.2, 0.25) is 5.76 Å². The van der Waals surface area contributed by atoms with Gasteiger partial charge in [-0.05, 0) is 43.7 Å². The molecule has 3 heterocycles. The largest absolute Gasteiger partial charge is 0.363 e. The summed E-state index contributed by atoms with van der Waals surface area (Å²) in [5.74, 6) is -0.163. The zero-order valence-corrected chi connectivity index (χ0v) is 16.0. The van der Waals surface area contributed by atoms with E-state index in [-0.39, 0.29) is 17.2 Å². The van der Waals surface area contributed by atoms with Crippen LogP contribution in [0.15, 0.2) is 34.9 Å². The van der Waals surface area contributed by atoms with E-state index >= 15 is 0 Å². The smallest absolute Gasteiger partial charge is 0.288 e. The van der Waals surface area contributed by atoms with Crippen molar-refractivity contribution in [2.24, 2.45) is 17.6 Å². The van der Waals surface area contributed by atoms with Gasteiger partial charge in [-0.3, -0.25) is 9.59 Å². The quantitative estimate of drug-likeness (QED) is 0.823. The lowest BCUT2D eigenvalue weighted by Gasteiger charge is -2.21. The molecule has 2 saturated heterocycles. The first-order chi connectivity index (χ1) is 13.5. The Labute approximate surface area is 164 Å². The molecule has 4 rings (SSSR count). The van der Waals surface area contributed by atoms with Crippen molar-refractivity contribution in [3.8, 4) is 0 Å². The number of nitrogens with two attached hydrogens (primary N) is 1. The standard InChI is InChI=1S/C21H25N4O3/c1-14-18(19(20(22)26)28-23-14)21(27)25-12-16-10-24(11-17(16)13-25)9-5-8-15-6-3-2-4-7-15/h2-4,6-8,16-17H,5,9-13H2,1H3,(H2,22,26)/t16-,17?/m0/s1. The van der Waals surface area contributed by atoms with Gasteiger partial charge < -0.3 is 20.1 Å². The molecule has 28 heavy (non-hydrogen) atoms. The monoisotopic (exact) mass is 381 g/mol. The van der Waals surface area contributed by atoms with Gasteiger partial charge in [0.05, 0.1) is 5.69 Å². The zero-order chi connectivity index (χ0) is 19.7. The van der Waals surface area contributed by atoms with E-state index in [4.69, 9.17) is 10.3 Å². The van der Waals surface area contributed by atoms with Crippen LogP contribution in [-0.2, 0) is 0 Å². The maximum atomic E-state index is 12.9. The van der Waals surface area contributed by atoms with Gasteiger partial charge in [0.25, 0.3) is 11.8 Å². The molecule has 0 spiro atoms. The van der Waals surface area contributed by atoms with Crippen molar-refractivity contribution in [2.75, 3.05) is 32.7 Å². The summed E-state index contributed by atoms with van der Waals surface area (Å²) < 4.78 is 4.95. The number of hydrogen-bond donors (Lipinski definition) is 1. The molecule has 0 saturated carbocycles. The fourth-order valence-electron chi connectivity index (χ4n) is 4.39. The molecule has 1 aromatic heterocycles. The van der Waals surface area contributed by atoms with E-state index in [9.17, 15) is 9.59 Å². The summed E-state index contributed by atoms with van der Waals surface area (Å²) >= 11 is 0. The summed E-state index contributed by atoms with van der Waals surface area (Å²) in [6, 6.07) is 10.4. The lowest BCUT2D eigenvalue weighted by molar-refractivity contribution is 0.0765. The molecule has 2 N–H and O–H groups in total. The van der Waals surface area contributed by atoms with Crippen molar-refractivity contribution in [3.63, 3.8) is 0 Å². The van der Waals surface area contributed by atoms with Crippen LogP contribution >= 0.6 is 0 Å². The molecule has 0 bridgehead atoms. The fourth-order valence-corrected chi connectivity index (χ4v) is 4.39. The van der Waals surface area contributed by atoms with Crippen LogP contribution in [0, 0.1) is 25.2 Å². The zero-order valence-electron chi connectivity index (χ0n) is 16.0. The van der Waals surface area contributed by atoms with Gasteiger partial charge in [-0.1, -0.05) is 35.5 Å². The number of primary amides is 1. The molecular formula is C21H25N4O3. The highest BCUT2D eigenvalue weighted by Crippen LogP contribution is 2.32. The minimum atomic E-state index is -0.760. The summed E-state index contributed by atoms with van der Waals surface area (Å²) in [6.07, 6.45) is 3.29. The fraction of sp³-hybridized carbons (Fsp3) is 0.429. The number of likely N-dealkylation sites (tertiary alicyclic amines) is 2. The Bertz CT molecular complexity index is 850. The van der Waals surface area contributed by atoms with Crippen LogP contribution in [0.25, 0.3) is 0 Å². The van der Waals surface area contributed by atoms with Crippen LogP contribution in [0.1, 0.15) is 38.6 Å². The molecule has 1 unspecified atom stereocenters. The van der Waals surface area contributed by atoms with E-state index in [0.29, 0.717) is 30.6 Å². The van der Waals surface area contributed by atoms with Gasteiger partial charge in [-0.15, -0.1) is 0 Å². The van der Waals surface area contributed by atoms with Crippen LogP contribution in [0.5, 0.6) is 0 Å². The van der Waals surface area contributed by atoms with E-state index < -0.39 is 5.91 Å². The Kier molecular flexibility index (Phi) is 5.17. The second-order valence-electron chi connectivity index (χ2n) is 7.73. The second-order valence-corrected chi connectivity index (χ2v) is 7.73. The minimum Gasteiger partial charge on any atom is -0.363 e. The molecule has 2 amide bonds. The molecule has 147 valence electrons. The molecule has 2 atom stereocenters. The molecule has 2 fully saturated rings. The van der Waals surface area contributed by atoms with Crippen LogP contribution < -0.4 is 5.73 Å². The highest BCUT2D eigenvalue weighted by molar-refractivity contribution is 6.05. The molecule has 0 aliphatic carbocycles. The maximum Gasteiger partial charge on any atom is 0.288 e. The Morgan fingerprint density at radius 2 is 1.86 bits per heavy atom. The summed E-state index contributed by atoms with van der Waals surface area (Å²) in [4.78, 5) is 28.7. The van der Waals surface area contributed by atoms with E-state index in [2.05, 4.69) is 40.7 Å². The number of aromatic nitrogens is 1. The molecular weight excluding hydrogens is 356 g/mol. The van der Waals surface area contributed by atoms with Crippen molar-refractivity contribution in [3.05, 3.63) is 59.3 Å². The molecule has 2 aliphatic rings. The third-order valence-electron chi connectivity index (χ3n) is 5.77. The highest BCUT2D eigenvalue weighted by Gasteiger charge is 2.42. The normalized spacial score (nSPS) is 21.8. The maximum absolute atomic E-state index is 12.9. The second kappa shape index (κ2) is 7.75. The number of aryl methyl sites for hydroxylation is 1. The van der Waals surface area contributed by atoms with Gasteiger partial charge in [-0.25, -0.2) is 0 Å². The SMILES string of the molecule is Cc1noc(C(N)=O)c1C(=O)N1CC2CN(CC[CH]c3ccccc3)C[C@H]2C1. The molecule has 7 heteroatoms. The lowest BCUT2D eigenvalue weighted by atomic mass is 10.0. The van der Waals surface area contributed by atoms with Crippen molar-refractivity contribution in [2.45, 2.75) is 13.3 Å². The van der Waals surface area contributed by atoms with E-state index in [1.807, 2.05) is 11.0 Å². The summed E-state index contributed by atoms with van der Waals surface area (Å²) in [5, 5.41) is 3.74. The molecule has 7 nitrogen and oxygen atoms in total. The molecule has 1 radical (unpaired) electrons. The highest BCUT2D eigenvalue weighted by atomic mass is 16.5. The van der Waals surface area contributed by atoms with Gasteiger partial charge in [-0.2, -0.15) is 0 Å². The predicted molar refractivity (Wildman–Crippen MR) is 104 cm³/mol. The predicted octanol–water partition coefficient (Wildman–Crippen LogP) is 1.73. The van der Waals surface area contributed by atoms with Crippen LogP contribution in [-0.4, -0.2) is 59.5 Å². The van der Waals surface area contributed by atoms with Crippen molar-refractivity contribution < 1.29 is 14.1 Å². The van der Waals surface area contributed by atoms with Crippen LogP contribution in [0.4, 0.5) is 0 Å². The molecule has 1 aromatic carbocycles. The third kappa shape index (κ3) is 3.67. The first-order valence-corrected chi connectivity index (χ1v) is 9.69. The van der Waals surface area contributed by atoms with E-state index in [1.54, 1.807) is 6.92 Å². The first-order valence-electron chi connectivity index (χ1n) is 9.69. The number of rotatable bonds is 6. The number of hydrogen-bond acceptors (Lipinski definition) is 5. The van der Waals surface area contributed by atoms with E-state index in [1.165, 1.54) is 5.56 Å². The number of amides is 2. The average molecular weight is 381 g/mol. The summed E-state index contributed by atoms with van der Waals surface area (Å²) in [6.45, 7) is 6.10. The first kappa shape index (κ1) is 18.7. The van der Waals surface area contributed by atoms with Crippen molar-refractivity contribution in [1.82, 2.24) is 15.0 Å². The van der Waals surface area contributed by atoms with Crippen LogP contribution in [0.2, 0.25) is 0 Å². The Hall–Kier alpha value is -2.67. The van der Waals surface area contributed by atoms with Crippen molar-refractivity contribution >= 4 is 11.8 Å². The summed E-state index contributed by atoms with van der Waals surface area (Å²) in [7, 11) is 0. The number of nitrogens with zero attached hydrogens (tertiary/aromatic N) is 3. The summed E-state index contributed by atoms with van der Waals surface area (Å²) in [5.41, 5.74) is 7.19. The number of fused-ring (bicyclic) bond motifs is 1. The molecule has 2 aliphatic heterocycles. The average Bonchev–Trinajstić information content (AvgIpc) is 3.35. The topological polar surface area (TPSA) is 92.7 Å². The van der Waals surface area contributed by atoms with Gasteiger partial charge >= 0.3 is 0 Å². The number of carbonyl (C=O) groups is 2. The molecule has 2 aromatic rings. The Morgan fingerprint density at radius 3 is 2.50 bits per heavy atom. The van der Waals surface area contributed by atoms with Crippen LogP contribution in [0.3, 0.4) is 0 Å². The Balaban J connectivity index is 1.30. The van der Waals surface area contributed by atoms with E-state index in [0.717, 1.165) is 26.1 Å². The lowest BCUT2D eigenvalue weighted by Crippen LogP contribution is -2.34. The Morgan fingerprint density at radius 1 is 1.18 bits per heavy atom. The third-order valence-corrected chi connectivity index (χ3v) is 5.77. The van der Waals surface area contributed by atoms with Crippen molar-refractivity contribution in [1.29, 1.82) is 0 Å². The number of carbonyl (C=O) groups excluding carboxylic acids is 2. The van der Waals surface area contributed by atoms with Gasteiger partial charge in [0, 0.05) is 26.2 Å². The van der Waals surface area contributed by atoms with Gasteiger partial charge in [0.15, 0.2) is 0 Å². The number of benzene rings is 1. The van der Waals surface area contributed by atoms with Gasteiger partial charge in [0.1, 0.15) is 5.56 Å².